The summed E-state index contributed by atoms with van der Waals surface area (Å²) in [6.07, 6.45) is 1.68. The number of Topliss-reactive ketones (excluding diaryl/α,β-unsaturated/α-hetero) is 1. The van der Waals surface area contributed by atoms with Gasteiger partial charge in [-0.15, -0.1) is 0 Å². The number of carboxylic acid groups (broad SMARTS) is 1. The number of aryl methyl sites for hydroxylation is 2. The molecule has 152 valence electrons. The molecule has 0 saturated carbocycles. The van der Waals surface area contributed by atoms with Gasteiger partial charge in [0, 0.05) is 12.6 Å². The van der Waals surface area contributed by atoms with Crippen LogP contribution in [0.5, 0.6) is 11.5 Å². The summed E-state index contributed by atoms with van der Waals surface area (Å²) in [5, 5.41) is 8.97. The first-order valence-corrected chi connectivity index (χ1v) is 9.52. The molecule has 1 aromatic carbocycles. The molecule has 7 nitrogen and oxygen atoms in total. The van der Waals surface area contributed by atoms with Crippen molar-refractivity contribution in [2.45, 2.75) is 39.7 Å². The van der Waals surface area contributed by atoms with Gasteiger partial charge in [-0.2, -0.15) is 0 Å². The van der Waals surface area contributed by atoms with Crippen molar-refractivity contribution in [2.75, 3.05) is 6.61 Å². The van der Waals surface area contributed by atoms with Crippen LogP contribution in [0, 0.1) is 6.92 Å². The number of ketones is 1. The van der Waals surface area contributed by atoms with E-state index < -0.39 is 12.1 Å². The van der Waals surface area contributed by atoms with Crippen molar-refractivity contribution in [3.8, 4) is 11.5 Å². The van der Waals surface area contributed by atoms with Gasteiger partial charge in [-0.1, -0.05) is 12.1 Å². The maximum atomic E-state index is 12.9. The molecule has 0 unspecified atom stereocenters. The van der Waals surface area contributed by atoms with Crippen molar-refractivity contribution in [2.24, 2.45) is 0 Å². The SMILES string of the molecule is CCOc1cccn2c(C(=O)CCc3cccc(O[C@H](C)C(=O)O)c3)c(C)nc12. The van der Waals surface area contributed by atoms with Crippen LogP contribution in [-0.4, -0.2) is 39.0 Å². The summed E-state index contributed by atoms with van der Waals surface area (Å²) in [4.78, 5) is 28.4. The second-order valence-corrected chi connectivity index (χ2v) is 6.71. The van der Waals surface area contributed by atoms with Gasteiger partial charge in [0.05, 0.1) is 12.3 Å². The normalized spacial score (nSPS) is 12.0. The lowest BCUT2D eigenvalue weighted by Gasteiger charge is -2.11. The molecule has 0 spiro atoms. The highest BCUT2D eigenvalue weighted by molar-refractivity contribution is 5.96. The molecule has 0 bridgehead atoms. The Balaban J connectivity index is 1.76. The maximum absolute atomic E-state index is 12.9. The van der Waals surface area contributed by atoms with Gasteiger partial charge in [-0.3, -0.25) is 9.20 Å². The van der Waals surface area contributed by atoms with Crippen LogP contribution in [0.25, 0.3) is 5.65 Å². The summed E-state index contributed by atoms with van der Waals surface area (Å²) in [5.41, 5.74) is 2.74. The Labute approximate surface area is 168 Å². The van der Waals surface area contributed by atoms with Gasteiger partial charge in [-0.25, -0.2) is 9.78 Å². The van der Waals surface area contributed by atoms with Gasteiger partial charge in [-0.05, 0) is 57.0 Å². The molecule has 3 aromatic rings. The summed E-state index contributed by atoms with van der Waals surface area (Å²) in [6, 6.07) is 10.8. The summed E-state index contributed by atoms with van der Waals surface area (Å²) >= 11 is 0. The standard InChI is InChI=1S/C22H24N2O5/c1-4-28-19-9-6-12-24-20(14(2)23-21(19)24)18(25)11-10-16-7-5-8-17(13-16)29-15(3)22(26)27/h5-9,12-13,15H,4,10-11H2,1-3H3,(H,26,27)/t15-/m1/s1. The van der Waals surface area contributed by atoms with E-state index in [2.05, 4.69) is 4.98 Å². The third-order valence-electron chi connectivity index (χ3n) is 4.55. The number of carbonyl (C=O) groups is 2. The number of imidazole rings is 1. The summed E-state index contributed by atoms with van der Waals surface area (Å²) < 4.78 is 12.8. The van der Waals surface area contributed by atoms with Crippen LogP contribution < -0.4 is 9.47 Å². The Morgan fingerprint density at radius 3 is 2.76 bits per heavy atom. The highest BCUT2D eigenvalue weighted by Gasteiger charge is 2.19. The number of ether oxygens (including phenoxy) is 2. The number of aliphatic carboxylic acids is 1. The van der Waals surface area contributed by atoms with Gasteiger partial charge in [0.2, 0.25) is 0 Å². The van der Waals surface area contributed by atoms with Crippen LogP contribution in [0.2, 0.25) is 0 Å². The number of benzene rings is 1. The van der Waals surface area contributed by atoms with Crippen molar-refractivity contribution in [3.63, 3.8) is 0 Å². The average molecular weight is 396 g/mol. The van der Waals surface area contributed by atoms with E-state index >= 15 is 0 Å². The van der Waals surface area contributed by atoms with Crippen LogP contribution >= 0.6 is 0 Å². The first-order valence-electron chi connectivity index (χ1n) is 9.52. The number of nitrogens with zero attached hydrogens (tertiary/aromatic N) is 2. The number of carboxylic acids is 1. The quantitative estimate of drug-likeness (QED) is 0.555. The Bertz CT molecular complexity index is 1040. The van der Waals surface area contributed by atoms with E-state index in [1.54, 1.807) is 22.6 Å². The van der Waals surface area contributed by atoms with Crippen LogP contribution in [0.1, 0.15) is 42.0 Å². The molecule has 0 aliphatic heterocycles. The Hall–Kier alpha value is -3.35. The first-order chi connectivity index (χ1) is 13.9. The molecular formula is C22H24N2O5. The minimum Gasteiger partial charge on any atom is -0.490 e. The smallest absolute Gasteiger partial charge is 0.344 e. The maximum Gasteiger partial charge on any atom is 0.344 e. The highest BCUT2D eigenvalue weighted by atomic mass is 16.5. The zero-order valence-corrected chi connectivity index (χ0v) is 16.7. The molecule has 2 aromatic heterocycles. The number of carbonyl (C=O) groups excluding carboxylic acids is 1. The minimum absolute atomic E-state index is 0.0196. The van der Waals surface area contributed by atoms with Crippen molar-refractivity contribution < 1.29 is 24.2 Å². The number of rotatable bonds is 9. The minimum atomic E-state index is -1.03. The lowest BCUT2D eigenvalue weighted by molar-refractivity contribution is -0.144. The lowest BCUT2D eigenvalue weighted by Crippen LogP contribution is -2.22. The van der Waals surface area contributed by atoms with E-state index in [0.29, 0.717) is 48.0 Å². The molecule has 0 saturated heterocycles. The molecule has 0 aliphatic rings. The third kappa shape index (κ3) is 4.56. The molecule has 1 N–H and O–H groups in total. The summed E-state index contributed by atoms with van der Waals surface area (Å²) in [5.74, 6) is 0.0701. The van der Waals surface area contributed by atoms with E-state index in [4.69, 9.17) is 14.6 Å². The Kier molecular flexibility index (Phi) is 6.16. The lowest BCUT2D eigenvalue weighted by atomic mass is 10.0. The van der Waals surface area contributed by atoms with Crippen LogP contribution in [0.15, 0.2) is 42.6 Å². The predicted molar refractivity (Wildman–Crippen MR) is 108 cm³/mol. The van der Waals surface area contributed by atoms with Crippen LogP contribution in [0.3, 0.4) is 0 Å². The molecule has 0 aliphatic carbocycles. The summed E-state index contributed by atoms with van der Waals surface area (Å²) in [6.45, 7) is 5.72. The molecule has 0 fully saturated rings. The van der Waals surface area contributed by atoms with Gasteiger partial charge >= 0.3 is 5.97 Å². The number of hydrogen-bond acceptors (Lipinski definition) is 5. The number of hydrogen-bond donors (Lipinski definition) is 1. The van der Waals surface area contributed by atoms with Gasteiger partial charge < -0.3 is 14.6 Å². The fourth-order valence-corrected chi connectivity index (χ4v) is 3.17. The largest absolute Gasteiger partial charge is 0.490 e. The molecule has 29 heavy (non-hydrogen) atoms. The zero-order valence-electron chi connectivity index (χ0n) is 16.7. The average Bonchev–Trinajstić information content (AvgIpc) is 3.03. The van der Waals surface area contributed by atoms with Crippen molar-refractivity contribution in [3.05, 3.63) is 59.5 Å². The van der Waals surface area contributed by atoms with E-state index in [1.165, 1.54) is 6.92 Å². The molecule has 1 atom stereocenters. The van der Waals surface area contributed by atoms with E-state index in [9.17, 15) is 9.59 Å². The number of pyridine rings is 1. The van der Waals surface area contributed by atoms with E-state index in [0.717, 1.165) is 5.56 Å². The topological polar surface area (TPSA) is 90.1 Å². The Morgan fingerprint density at radius 2 is 2.03 bits per heavy atom. The van der Waals surface area contributed by atoms with Crippen LogP contribution in [-0.2, 0) is 11.2 Å². The van der Waals surface area contributed by atoms with Gasteiger partial charge in [0.25, 0.3) is 0 Å². The number of fused-ring (bicyclic) bond motifs is 1. The van der Waals surface area contributed by atoms with Crippen molar-refractivity contribution in [1.29, 1.82) is 0 Å². The van der Waals surface area contributed by atoms with Crippen molar-refractivity contribution in [1.82, 2.24) is 9.38 Å². The molecule has 7 heteroatoms. The molecular weight excluding hydrogens is 372 g/mol. The second-order valence-electron chi connectivity index (χ2n) is 6.71. The first kappa shape index (κ1) is 20.4. The van der Waals surface area contributed by atoms with Crippen LogP contribution in [0.4, 0.5) is 0 Å². The molecule has 3 rings (SSSR count). The van der Waals surface area contributed by atoms with Gasteiger partial charge in [0.15, 0.2) is 23.3 Å². The zero-order chi connectivity index (χ0) is 21.0. The number of aromatic nitrogens is 2. The predicted octanol–water partition coefficient (Wildman–Crippen LogP) is 3.71. The molecule has 2 heterocycles. The monoisotopic (exact) mass is 396 g/mol. The fourth-order valence-electron chi connectivity index (χ4n) is 3.17. The van der Waals surface area contributed by atoms with E-state index in [1.807, 2.05) is 38.2 Å². The van der Waals surface area contributed by atoms with Crippen molar-refractivity contribution >= 4 is 17.4 Å². The second kappa shape index (κ2) is 8.77. The van der Waals surface area contributed by atoms with Gasteiger partial charge in [0.1, 0.15) is 11.4 Å². The third-order valence-corrected chi connectivity index (χ3v) is 4.55. The molecule has 0 radical (unpaired) electrons. The molecule has 0 amide bonds. The fraction of sp³-hybridized carbons (Fsp3) is 0.318. The highest BCUT2D eigenvalue weighted by Crippen LogP contribution is 2.24. The Morgan fingerprint density at radius 1 is 1.24 bits per heavy atom. The summed E-state index contributed by atoms with van der Waals surface area (Å²) in [7, 11) is 0. The van der Waals surface area contributed by atoms with E-state index in [-0.39, 0.29) is 5.78 Å².